The van der Waals surface area contributed by atoms with E-state index in [2.05, 4.69) is 90.9 Å². The van der Waals surface area contributed by atoms with Crippen LogP contribution in [0.4, 0.5) is 0 Å². The van der Waals surface area contributed by atoms with Gasteiger partial charge in [0.15, 0.2) is 0 Å². The van der Waals surface area contributed by atoms with E-state index in [0.717, 1.165) is 29.0 Å². The quantitative estimate of drug-likeness (QED) is 0.271. The molecule has 0 saturated heterocycles. The molecule has 134 valence electrons. The third-order valence-corrected chi connectivity index (χ3v) is 4.63. The van der Waals surface area contributed by atoms with Crippen LogP contribution in [0.5, 0.6) is 0 Å². The van der Waals surface area contributed by atoms with Crippen molar-refractivity contribution in [2.24, 2.45) is 9.98 Å². The van der Waals surface area contributed by atoms with Crippen LogP contribution in [0.2, 0.25) is 0 Å². The standard InChI is InChI=1S/C25H24N2/c1-5-7-9-25(27-4)21-15-13-19-11-10-18-12-14-20(24(26-3)8-6-2)16-22(18)23(19)17-21/h6-17H,2-3,5H2,1,4H3/b9-7-,24-8-,27-25?. The van der Waals surface area contributed by atoms with E-state index in [-0.39, 0.29) is 0 Å². The van der Waals surface area contributed by atoms with Crippen molar-refractivity contribution in [3.63, 3.8) is 0 Å². The van der Waals surface area contributed by atoms with Crippen molar-refractivity contribution in [2.45, 2.75) is 13.3 Å². The first-order valence-electron chi connectivity index (χ1n) is 9.12. The number of fused-ring (bicyclic) bond motifs is 3. The van der Waals surface area contributed by atoms with E-state index < -0.39 is 0 Å². The molecule has 0 aliphatic heterocycles. The Balaban J connectivity index is 2.25. The first-order valence-corrected chi connectivity index (χ1v) is 9.12. The second-order valence-electron chi connectivity index (χ2n) is 6.30. The highest BCUT2D eigenvalue weighted by Gasteiger charge is 2.07. The van der Waals surface area contributed by atoms with Crippen molar-refractivity contribution >= 4 is 39.7 Å². The fourth-order valence-electron chi connectivity index (χ4n) is 3.25. The molecule has 0 fully saturated rings. The zero-order valence-electron chi connectivity index (χ0n) is 15.9. The third-order valence-electron chi connectivity index (χ3n) is 4.63. The molecule has 0 amide bonds. The van der Waals surface area contributed by atoms with Crippen LogP contribution in [0.15, 0.2) is 89.4 Å². The van der Waals surface area contributed by atoms with Gasteiger partial charge in [-0.1, -0.05) is 62.1 Å². The first kappa shape index (κ1) is 18.5. The second-order valence-corrected chi connectivity index (χ2v) is 6.30. The van der Waals surface area contributed by atoms with E-state index in [1.54, 1.807) is 6.08 Å². The zero-order valence-corrected chi connectivity index (χ0v) is 15.9. The van der Waals surface area contributed by atoms with Gasteiger partial charge in [0.25, 0.3) is 0 Å². The van der Waals surface area contributed by atoms with Crippen LogP contribution in [-0.4, -0.2) is 19.5 Å². The summed E-state index contributed by atoms with van der Waals surface area (Å²) >= 11 is 0. The van der Waals surface area contributed by atoms with Crippen molar-refractivity contribution in [3.8, 4) is 0 Å². The minimum Gasteiger partial charge on any atom is -0.288 e. The number of allylic oxidation sites excluding steroid dienone is 4. The first-order chi connectivity index (χ1) is 13.2. The predicted molar refractivity (Wildman–Crippen MR) is 121 cm³/mol. The minimum atomic E-state index is 0.821. The maximum Gasteiger partial charge on any atom is 0.0694 e. The lowest BCUT2D eigenvalue weighted by atomic mass is 9.96. The summed E-state index contributed by atoms with van der Waals surface area (Å²) < 4.78 is 0. The number of hydrogen-bond acceptors (Lipinski definition) is 2. The van der Waals surface area contributed by atoms with Gasteiger partial charge in [-0.25, -0.2) is 0 Å². The maximum absolute atomic E-state index is 4.45. The summed E-state index contributed by atoms with van der Waals surface area (Å²) in [6.07, 6.45) is 8.83. The van der Waals surface area contributed by atoms with E-state index in [4.69, 9.17) is 0 Å². The normalized spacial score (nSPS) is 12.8. The summed E-state index contributed by atoms with van der Waals surface area (Å²) in [7, 11) is 1.84. The molecule has 0 spiro atoms. The molecular formula is C25H24N2. The number of benzene rings is 3. The zero-order chi connectivity index (χ0) is 19.2. The highest BCUT2D eigenvalue weighted by Crippen LogP contribution is 2.29. The number of nitrogens with zero attached hydrogens (tertiary/aromatic N) is 2. The minimum absolute atomic E-state index is 0.821. The van der Waals surface area contributed by atoms with Crippen molar-refractivity contribution < 1.29 is 0 Å². The fourth-order valence-corrected chi connectivity index (χ4v) is 3.25. The molecule has 3 rings (SSSR count). The lowest BCUT2D eigenvalue weighted by molar-refractivity contribution is 1.23. The van der Waals surface area contributed by atoms with Crippen molar-refractivity contribution in [1.82, 2.24) is 0 Å². The van der Waals surface area contributed by atoms with Crippen LogP contribution in [0.3, 0.4) is 0 Å². The monoisotopic (exact) mass is 352 g/mol. The van der Waals surface area contributed by atoms with E-state index in [0.29, 0.717) is 0 Å². The van der Waals surface area contributed by atoms with Gasteiger partial charge in [-0.2, -0.15) is 0 Å². The summed E-state index contributed by atoms with van der Waals surface area (Å²) in [6.45, 7) is 9.58. The Morgan fingerprint density at radius 2 is 1.56 bits per heavy atom. The molecule has 0 unspecified atom stereocenters. The van der Waals surface area contributed by atoms with Gasteiger partial charge in [-0.3, -0.25) is 9.98 Å². The molecule has 27 heavy (non-hydrogen) atoms. The van der Waals surface area contributed by atoms with E-state index >= 15 is 0 Å². The van der Waals surface area contributed by atoms with Gasteiger partial charge in [-0.05, 0) is 59.0 Å². The molecular weight excluding hydrogens is 328 g/mol. The average molecular weight is 352 g/mol. The van der Waals surface area contributed by atoms with E-state index in [1.807, 2.05) is 13.1 Å². The van der Waals surface area contributed by atoms with Crippen LogP contribution >= 0.6 is 0 Å². The van der Waals surface area contributed by atoms with Gasteiger partial charge in [0, 0.05) is 18.2 Å². The Bertz CT molecular complexity index is 1100. The van der Waals surface area contributed by atoms with Gasteiger partial charge in [0.05, 0.1) is 11.4 Å². The second kappa shape index (κ2) is 8.41. The number of hydrogen-bond donors (Lipinski definition) is 0. The Hall–Kier alpha value is -3.26. The Morgan fingerprint density at radius 1 is 0.963 bits per heavy atom. The Kier molecular flexibility index (Phi) is 5.77. The fraction of sp³-hybridized carbons (Fsp3) is 0.120. The van der Waals surface area contributed by atoms with Crippen molar-refractivity contribution in [2.75, 3.05) is 7.05 Å². The summed E-state index contributed by atoms with van der Waals surface area (Å²) in [5.41, 5.74) is 3.97. The van der Waals surface area contributed by atoms with Crippen molar-refractivity contribution in [1.29, 1.82) is 0 Å². The molecule has 0 bridgehead atoms. The third kappa shape index (κ3) is 3.80. The van der Waals surface area contributed by atoms with Crippen LogP contribution in [0.25, 0.3) is 27.2 Å². The highest BCUT2D eigenvalue weighted by molar-refractivity contribution is 6.14. The molecule has 0 N–H and O–H groups in total. The molecule has 2 nitrogen and oxygen atoms in total. The van der Waals surface area contributed by atoms with Gasteiger partial charge in [-0.15, -0.1) is 0 Å². The summed E-state index contributed by atoms with van der Waals surface area (Å²) in [4.78, 5) is 8.59. The largest absolute Gasteiger partial charge is 0.288 e. The lowest BCUT2D eigenvalue weighted by Crippen LogP contribution is -1.96. The topological polar surface area (TPSA) is 24.7 Å². The molecule has 0 aliphatic carbocycles. The molecule has 0 aliphatic rings. The molecule has 3 aromatic rings. The van der Waals surface area contributed by atoms with Gasteiger partial charge < -0.3 is 0 Å². The van der Waals surface area contributed by atoms with Crippen molar-refractivity contribution in [3.05, 3.63) is 90.5 Å². The smallest absolute Gasteiger partial charge is 0.0694 e. The SMILES string of the molecule is C=C/C=C(\N=C)c1ccc2ccc3ccc(C(/C=C\CC)=NC)cc3c2c1. The molecule has 3 aromatic carbocycles. The predicted octanol–water partition coefficient (Wildman–Crippen LogP) is 6.61. The Morgan fingerprint density at radius 3 is 2.11 bits per heavy atom. The molecule has 0 atom stereocenters. The Labute approximate surface area is 161 Å². The lowest BCUT2D eigenvalue weighted by Gasteiger charge is -2.09. The van der Waals surface area contributed by atoms with E-state index in [9.17, 15) is 0 Å². The number of rotatable bonds is 6. The van der Waals surface area contributed by atoms with Crippen LogP contribution in [0.1, 0.15) is 24.5 Å². The van der Waals surface area contributed by atoms with Crippen LogP contribution in [0, 0.1) is 0 Å². The highest BCUT2D eigenvalue weighted by atomic mass is 14.7. The molecule has 2 heteroatoms. The van der Waals surface area contributed by atoms with Crippen LogP contribution < -0.4 is 0 Å². The van der Waals surface area contributed by atoms with Crippen LogP contribution in [-0.2, 0) is 0 Å². The average Bonchev–Trinajstić information content (AvgIpc) is 2.72. The van der Waals surface area contributed by atoms with Gasteiger partial charge in [0.1, 0.15) is 0 Å². The maximum atomic E-state index is 4.45. The summed E-state index contributed by atoms with van der Waals surface area (Å²) in [5.74, 6) is 0. The molecule has 0 aromatic heterocycles. The summed E-state index contributed by atoms with van der Waals surface area (Å²) in [6, 6.07) is 17.2. The number of aliphatic imine (C=N–C) groups is 2. The molecule has 0 heterocycles. The van der Waals surface area contributed by atoms with Gasteiger partial charge >= 0.3 is 0 Å². The molecule has 0 saturated carbocycles. The van der Waals surface area contributed by atoms with E-state index in [1.165, 1.54) is 21.5 Å². The van der Waals surface area contributed by atoms with Gasteiger partial charge in [0.2, 0.25) is 0 Å². The summed E-state index contributed by atoms with van der Waals surface area (Å²) in [5, 5.41) is 4.81. The molecule has 0 radical (unpaired) electrons.